The Bertz CT molecular complexity index is 930. The van der Waals surface area contributed by atoms with E-state index in [1.54, 1.807) is 12.1 Å². The Balaban J connectivity index is 1.61. The Morgan fingerprint density at radius 3 is 2.77 bits per heavy atom. The molecule has 26 heavy (non-hydrogen) atoms. The van der Waals surface area contributed by atoms with Gasteiger partial charge in [-0.05, 0) is 45.0 Å². The highest BCUT2D eigenvalue weighted by atomic mass is 35.5. The minimum atomic E-state index is -0.153. The largest absolute Gasteiger partial charge is 0.492 e. The zero-order valence-electron chi connectivity index (χ0n) is 14.9. The van der Waals surface area contributed by atoms with Crippen LogP contribution in [0.3, 0.4) is 0 Å². The second-order valence-electron chi connectivity index (χ2n) is 5.98. The first-order valence-corrected chi connectivity index (χ1v) is 8.62. The van der Waals surface area contributed by atoms with Gasteiger partial charge in [-0.1, -0.05) is 22.8 Å². The van der Waals surface area contributed by atoms with E-state index in [0.29, 0.717) is 35.3 Å². The van der Waals surface area contributed by atoms with E-state index in [9.17, 15) is 4.79 Å². The summed E-state index contributed by atoms with van der Waals surface area (Å²) in [5.74, 6) is 1.91. The number of carbonyl (C=O) groups is 1. The van der Waals surface area contributed by atoms with Crippen LogP contribution in [-0.2, 0) is 0 Å². The molecule has 2 heterocycles. The van der Waals surface area contributed by atoms with E-state index in [1.807, 2.05) is 49.6 Å². The van der Waals surface area contributed by atoms with Gasteiger partial charge in [-0.25, -0.2) is 0 Å². The summed E-state index contributed by atoms with van der Waals surface area (Å²) < 4.78 is 12.6. The topological polar surface area (TPSA) is 69.3 Å². The van der Waals surface area contributed by atoms with Gasteiger partial charge in [0.2, 0.25) is 0 Å². The first-order chi connectivity index (χ1) is 12.5. The van der Waals surface area contributed by atoms with E-state index in [2.05, 4.69) is 10.5 Å². The summed E-state index contributed by atoms with van der Waals surface area (Å²) in [4.78, 5) is 12.5. The van der Waals surface area contributed by atoms with Crippen LogP contribution < -0.4 is 10.1 Å². The predicted molar refractivity (Wildman–Crippen MR) is 99.3 cm³/mol. The normalized spacial score (nSPS) is 10.8. The molecule has 1 amide bonds. The van der Waals surface area contributed by atoms with Crippen LogP contribution in [0.1, 0.15) is 27.5 Å². The Hall–Kier alpha value is -2.73. The van der Waals surface area contributed by atoms with Gasteiger partial charge in [0.05, 0.1) is 12.1 Å². The van der Waals surface area contributed by atoms with Crippen LogP contribution in [0.15, 0.2) is 40.9 Å². The molecule has 1 N–H and O–H groups in total. The van der Waals surface area contributed by atoms with Gasteiger partial charge in [0.25, 0.3) is 5.91 Å². The minimum absolute atomic E-state index is 0.153. The molecule has 0 unspecified atom stereocenters. The van der Waals surface area contributed by atoms with Crippen LogP contribution in [0, 0.1) is 20.8 Å². The van der Waals surface area contributed by atoms with Crippen molar-refractivity contribution in [1.82, 2.24) is 15.0 Å². The average molecular weight is 374 g/mol. The molecule has 6 nitrogen and oxygen atoms in total. The molecule has 136 valence electrons. The van der Waals surface area contributed by atoms with Gasteiger partial charge in [-0.3, -0.25) is 9.36 Å². The first kappa shape index (κ1) is 18.1. The van der Waals surface area contributed by atoms with E-state index in [-0.39, 0.29) is 5.91 Å². The van der Waals surface area contributed by atoms with Crippen LogP contribution in [0.4, 0.5) is 0 Å². The number of aryl methyl sites for hydroxylation is 2. The third-order valence-electron chi connectivity index (χ3n) is 3.97. The zero-order chi connectivity index (χ0) is 18.7. The van der Waals surface area contributed by atoms with E-state index >= 15 is 0 Å². The summed E-state index contributed by atoms with van der Waals surface area (Å²) in [6.07, 6.45) is 0. The molecule has 0 radical (unpaired) electrons. The molecule has 7 heteroatoms. The van der Waals surface area contributed by atoms with Crippen LogP contribution in [0.2, 0.25) is 5.02 Å². The van der Waals surface area contributed by atoms with E-state index in [1.165, 1.54) is 0 Å². The van der Waals surface area contributed by atoms with Crippen molar-refractivity contribution in [2.75, 3.05) is 13.2 Å². The summed E-state index contributed by atoms with van der Waals surface area (Å²) in [5, 5.41) is 7.50. The molecule has 0 saturated heterocycles. The van der Waals surface area contributed by atoms with E-state index in [0.717, 1.165) is 17.1 Å². The number of nitrogens with one attached hydrogen (secondary N) is 1. The zero-order valence-corrected chi connectivity index (χ0v) is 15.6. The maximum absolute atomic E-state index is 12.5. The number of rotatable bonds is 6. The Labute approximate surface area is 156 Å². The maximum atomic E-state index is 12.5. The summed E-state index contributed by atoms with van der Waals surface area (Å²) in [6.45, 7) is 6.38. The smallest absolute Gasteiger partial charge is 0.253 e. The lowest BCUT2D eigenvalue weighted by Gasteiger charge is -2.08. The van der Waals surface area contributed by atoms with Crippen molar-refractivity contribution in [3.05, 3.63) is 64.1 Å². The van der Waals surface area contributed by atoms with Crippen molar-refractivity contribution < 1.29 is 14.1 Å². The number of ether oxygens (including phenoxy) is 1. The molecule has 3 aromatic rings. The molecule has 1 aromatic carbocycles. The number of benzene rings is 1. The van der Waals surface area contributed by atoms with E-state index in [4.69, 9.17) is 20.9 Å². The summed E-state index contributed by atoms with van der Waals surface area (Å²) >= 11 is 5.91. The molecule has 0 spiro atoms. The summed E-state index contributed by atoms with van der Waals surface area (Å²) in [5.41, 5.74) is 2.33. The van der Waals surface area contributed by atoms with E-state index < -0.39 is 0 Å². The molecular formula is C19H20ClN3O3. The van der Waals surface area contributed by atoms with Crippen molar-refractivity contribution in [3.8, 4) is 11.6 Å². The quantitative estimate of drug-likeness (QED) is 0.666. The lowest BCUT2D eigenvalue weighted by molar-refractivity contribution is 0.0946. The minimum Gasteiger partial charge on any atom is -0.492 e. The highest BCUT2D eigenvalue weighted by Gasteiger charge is 2.18. The maximum Gasteiger partial charge on any atom is 0.253 e. The average Bonchev–Trinajstić information content (AvgIpc) is 3.14. The highest BCUT2D eigenvalue weighted by Crippen LogP contribution is 2.21. The highest BCUT2D eigenvalue weighted by molar-refractivity contribution is 6.30. The van der Waals surface area contributed by atoms with Gasteiger partial charge in [0, 0.05) is 22.5 Å². The van der Waals surface area contributed by atoms with Crippen molar-refractivity contribution >= 4 is 17.5 Å². The molecule has 0 fully saturated rings. The molecule has 2 aromatic heterocycles. The molecular weight excluding hydrogens is 354 g/mol. The molecule has 0 atom stereocenters. The number of aromatic nitrogens is 2. The van der Waals surface area contributed by atoms with Gasteiger partial charge in [-0.2, -0.15) is 0 Å². The van der Waals surface area contributed by atoms with Crippen LogP contribution >= 0.6 is 11.6 Å². The van der Waals surface area contributed by atoms with Crippen LogP contribution in [-0.4, -0.2) is 28.8 Å². The number of halogens is 1. The number of hydrogen-bond acceptors (Lipinski definition) is 4. The van der Waals surface area contributed by atoms with Crippen LogP contribution in [0.25, 0.3) is 5.82 Å². The van der Waals surface area contributed by atoms with Crippen molar-refractivity contribution in [3.63, 3.8) is 0 Å². The van der Waals surface area contributed by atoms with Crippen molar-refractivity contribution in [2.45, 2.75) is 20.8 Å². The van der Waals surface area contributed by atoms with Crippen molar-refractivity contribution in [1.29, 1.82) is 0 Å². The second kappa shape index (κ2) is 7.66. The lowest BCUT2D eigenvalue weighted by atomic mass is 10.2. The van der Waals surface area contributed by atoms with Gasteiger partial charge in [-0.15, -0.1) is 0 Å². The lowest BCUT2D eigenvalue weighted by Crippen LogP contribution is -2.28. The number of carbonyl (C=O) groups excluding carboxylic acids is 1. The third-order valence-corrected chi connectivity index (χ3v) is 4.21. The standard InChI is InChI=1S/C19H20ClN3O3/c1-12-9-17(14(3)23(12)18-10-13(2)26-22-18)19(24)21-7-8-25-16-6-4-5-15(20)11-16/h4-6,9-11H,7-8H2,1-3H3,(H,21,24). The molecule has 0 aliphatic carbocycles. The molecule has 0 aliphatic rings. The van der Waals surface area contributed by atoms with Gasteiger partial charge >= 0.3 is 0 Å². The van der Waals surface area contributed by atoms with Gasteiger partial charge < -0.3 is 14.6 Å². The molecule has 3 rings (SSSR count). The number of amides is 1. The van der Waals surface area contributed by atoms with Gasteiger partial charge in [0.15, 0.2) is 5.82 Å². The number of hydrogen-bond donors (Lipinski definition) is 1. The van der Waals surface area contributed by atoms with Crippen LogP contribution in [0.5, 0.6) is 5.75 Å². The Kier molecular flexibility index (Phi) is 5.32. The Morgan fingerprint density at radius 1 is 1.27 bits per heavy atom. The predicted octanol–water partition coefficient (Wildman–Crippen LogP) is 3.85. The molecule has 0 saturated carbocycles. The SMILES string of the molecule is Cc1cc(-n2c(C)cc(C(=O)NCCOc3cccc(Cl)c3)c2C)no1. The monoisotopic (exact) mass is 373 g/mol. The first-order valence-electron chi connectivity index (χ1n) is 8.25. The van der Waals surface area contributed by atoms with Crippen molar-refractivity contribution in [2.24, 2.45) is 0 Å². The van der Waals surface area contributed by atoms with Gasteiger partial charge in [0.1, 0.15) is 18.1 Å². The molecule has 0 bridgehead atoms. The fourth-order valence-corrected chi connectivity index (χ4v) is 2.97. The summed E-state index contributed by atoms with van der Waals surface area (Å²) in [7, 11) is 0. The fourth-order valence-electron chi connectivity index (χ4n) is 2.79. The Morgan fingerprint density at radius 2 is 2.08 bits per heavy atom. The fraction of sp³-hybridized carbons (Fsp3) is 0.263. The third kappa shape index (κ3) is 3.91. The summed E-state index contributed by atoms with van der Waals surface area (Å²) in [6, 6.07) is 10.8. The number of nitrogens with zero attached hydrogens (tertiary/aromatic N) is 2. The second-order valence-corrected chi connectivity index (χ2v) is 6.41. The molecule has 0 aliphatic heterocycles.